The van der Waals surface area contributed by atoms with Gasteiger partial charge in [-0.15, -0.1) is 0 Å². The van der Waals surface area contributed by atoms with E-state index in [1.165, 1.54) is 0 Å². The van der Waals surface area contributed by atoms with Crippen LogP contribution in [0.5, 0.6) is 11.5 Å². The van der Waals surface area contributed by atoms with E-state index in [0.29, 0.717) is 42.4 Å². The predicted octanol–water partition coefficient (Wildman–Crippen LogP) is 3.62. The number of rotatable bonds is 3. The maximum atomic E-state index is 12.5. The summed E-state index contributed by atoms with van der Waals surface area (Å²) in [6.45, 7) is 1.97. The molecule has 6 heteroatoms. The topological polar surface area (TPSA) is 67.9 Å². The van der Waals surface area contributed by atoms with E-state index in [-0.39, 0.29) is 11.8 Å². The summed E-state index contributed by atoms with van der Waals surface area (Å²) in [6.07, 6.45) is 3.39. The molecule has 0 aliphatic carbocycles. The molecule has 1 fully saturated rings. The van der Waals surface area contributed by atoms with Gasteiger partial charge in [-0.25, -0.2) is 0 Å². The molecule has 2 aliphatic heterocycles. The highest BCUT2D eigenvalue weighted by atomic mass is 16.5. The number of anilines is 2. The van der Waals surface area contributed by atoms with Crippen LogP contribution in [0.1, 0.15) is 36.0 Å². The second kappa shape index (κ2) is 7.70. The minimum atomic E-state index is -0.207. The summed E-state index contributed by atoms with van der Waals surface area (Å²) in [7, 11) is 0. The van der Waals surface area contributed by atoms with E-state index >= 15 is 0 Å². The summed E-state index contributed by atoms with van der Waals surface area (Å²) in [4.78, 5) is 26.3. The van der Waals surface area contributed by atoms with Crippen LogP contribution in [0.2, 0.25) is 0 Å². The molecule has 2 heterocycles. The summed E-state index contributed by atoms with van der Waals surface area (Å²) in [5.41, 5.74) is 2.03. The first kappa shape index (κ1) is 17.4. The highest BCUT2D eigenvalue weighted by Gasteiger charge is 2.20. The second-order valence-electron chi connectivity index (χ2n) is 6.72. The number of hydrogen-bond acceptors (Lipinski definition) is 4. The van der Waals surface area contributed by atoms with Gasteiger partial charge in [0, 0.05) is 42.4 Å². The van der Waals surface area contributed by atoms with E-state index in [0.717, 1.165) is 31.5 Å². The lowest BCUT2D eigenvalue weighted by Gasteiger charge is -2.26. The van der Waals surface area contributed by atoms with Crippen molar-refractivity contribution >= 4 is 23.2 Å². The number of nitrogens with one attached hydrogen (secondary N) is 1. The molecule has 2 aliphatic rings. The van der Waals surface area contributed by atoms with Gasteiger partial charge in [0.25, 0.3) is 5.91 Å². The molecule has 2 aromatic carbocycles. The second-order valence-corrected chi connectivity index (χ2v) is 6.72. The number of ether oxygens (including phenoxy) is 2. The Kier molecular flexibility index (Phi) is 4.96. The van der Waals surface area contributed by atoms with Gasteiger partial charge in [-0.2, -0.15) is 0 Å². The molecule has 1 saturated heterocycles. The quantitative estimate of drug-likeness (QED) is 0.901. The molecule has 140 valence electrons. The zero-order valence-corrected chi connectivity index (χ0v) is 15.1. The average molecular weight is 366 g/mol. The number of fused-ring (bicyclic) bond motifs is 1. The van der Waals surface area contributed by atoms with Crippen LogP contribution in [0.15, 0.2) is 42.5 Å². The van der Waals surface area contributed by atoms with E-state index in [4.69, 9.17) is 9.47 Å². The van der Waals surface area contributed by atoms with Crippen LogP contribution in [-0.4, -0.2) is 31.6 Å². The van der Waals surface area contributed by atoms with Crippen LogP contribution >= 0.6 is 0 Å². The Morgan fingerprint density at radius 3 is 2.48 bits per heavy atom. The van der Waals surface area contributed by atoms with Gasteiger partial charge in [-0.1, -0.05) is 0 Å². The van der Waals surface area contributed by atoms with Crippen molar-refractivity contribution in [2.45, 2.75) is 25.7 Å². The fourth-order valence-electron chi connectivity index (χ4n) is 3.32. The summed E-state index contributed by atoms with van der Waals surface area (Å²) in [6, 6.07) is 12.5. The van der Waals surface area contributed by atoms with Crippen molar-refractivity contribution in [1.82, 2.24) is 0 Å². The molecule has 0 spiro atoms. The first-order valence-electron chi connectivity index (χ1n) is 9.32. The van der Waals surface area contributed by atoms with Gasteiger partial charge >= 0.3 is 0 Å². The van der Waals surface area contributed by atoms with Crippen molar-refractivity contribution in [3.05, 3.63) is 48.0 Å². The normalized spacial score (nSPS) is 16.6. The van der Waals surface area contributed by atoms with Crippen LogP contribution in [-0.2, 0) is 4.79 Å². The highest BCUT2D eigenvalue weighted by molar-refractivity contribution is 6.05. The summed E-state index contributed by atoms with van der Waals surface area (Å²) in [5, 5.41) is 2.88. The van der Waals surface area contributed by atoms with Crippen molar-refractivity contribution in [3.8, 4) is 11.5 Å². The maximum absolute atomic E-state index is 12.5. The van der Waals surface area contributed by atoms with Gasteiger partial charge in [-0.05, 0) is 49.2 Å². The van der Waals surface area contributed by atoms with Gasteiger partial charge in [0.2, 0.25) is 5.91 Å². The first-order valence-corrected chi connectivity index (χ1v) is 9.32. The average Bonchev–Trinajstić information content (AvgIpc) is 2.93. The lowest BCUT2D eigenvalue weighted by molar-refractivity contribution is -0.119. The standard InChI is InChI=1S/C21H22N2O4/c24-20-4-1-2-11-23(20)17-8-5-15(6-9-17)21(25)22-16-7-10-18-19(14-16)27-13-3-12-26-18/h5-10,14H,1-4,11-13H2,(H,22,25). The number of hydrogen-bond donors (Lipinski definition) is 1. The molecule has 6 nitrogen and oxygen atoms in total. The molecule has 2 aromatic rings. The van der Waals surface area contributed by atoms with Crippen LogP contribution in [0.4, 0.5) is 11.4 Å². The van der Waals surface area contributed by atoms with E-state index in [1.54, 1.807) is 35.2 Å². The lowest BCUT2D eigenvalue weighted by Crippen LogP contribution is -2.35. The van der Waals surface area contributed by atoms with Crippen molar-refractivity contribution in [2.24, 2.45) is 0 Å². The van der Waals surface area contributed by atoms with Gasteiger partial charge in [0.1, 0.15) is 0 Å². The fourth-order valence-corrected chi connectivity index (χ4v) is 3.32. The minimum absolute atomic E-state index is 0.144. The van der Waals surface area contributed by atoms with Crippen LogP contribution in [0.3, 0.4) is 0 Å². The molecule has 0 unspecified atom stereocenters. The molecule has 0 radical (unpaired) electrons. The Morgan fingerprint density at radius 1 is 0.926 bits per heavy atom. The Morgan fingerprint density at radius 2 is 1.70 bits per heavy atom. The van der Waals surface area contributed by atoms with Crippen LogP contribution in [0.25, 0.3) is 0 Å². The zero-order chi connectivity index (χ0) is 18.6. The van der Waals surface area contributed by atoms with E-state index in [1.807, 2.05) is 12.1 Å². The van der Waals surface area contributed by atoms with E-state index in [9.17, 15) is 9.59 Å². The first-order chi connectivity index (χ1) is 13.2. The molecule has 4 rings (SSSR count). The number of piperidine rings is 1. The Hall–Kier alpha value is -3.02. The monoisotopic (exact) mass is 366 g/mol. The highest BCUT2D eigenvalue weighted by Crippen LogP contribution is 2.32. The molecule has 1 N–H and O–H groups in total. The molecular weight excluding hydrogens is 344 g/mol. The summed E-state index contributed by atoms with van der Waals surface area (Å²) < 4.78 is 11.3. The minimum Gasteiger partial charge on any atom is -0.490 e. The third-order valence-corrected chi connectivity index (χ3v) is 4.77. The lowest BCUT2D eigenvalue weighted by atomic mass is 10.1. The molecular formula is C21H22N2O4. The Balaban J connectivity index is 1.45. The zero-order valence-electron chi connectivity index (χ0n) is 15.1. The third kappa shape index (κ3) is 3.89. The third-order valence-electron chi connectivity index (χ3n) is 4.77. The van der Waals surface area contributed by atoms with Crippen molar-refractivity contribution in [3.63, 3.8) is 0 Å². The number of carbonyl (C=O) groups is 2. The summed E-state index contributed by atoms with van der Waals surface area (Å²) in [5.74, 6) is 1.27. The van der Waals surface area contributed by atoms with Gasteiger partial charge in [-0.3, -0.25) is 9.59 Å². The molecule has 27 heavy (non-hydrogen) atoms. The maximum Gasteiger partial charge on any atom is 0.255 e. The number of amides is 2. The predicted molar refractivity (Wildman–Crippen MR) is 103 cm³/mol. The molecule has 0 atom stereocenters. The summed E-state index contributed by atoms with van der Waals surface area (Å²) >= 11 is 0. The van der Waals surface area contributed by atoms with Gasteiger partial charge in [0.15, 0.2) is 11.5 Å². The van der Waals surface area contributed by atoms with E-state index in [2.05, 4.69) is 5.32 Å². The molecule has 2 amide bonds. The Bertz CT molecular complexity index is 848. The number of carbonyl (C=O) groups excluding carboxylic acids is 2. The molecule has 0 saturated carbocycles. The van der Waals surface area contributed by atoms with E-state index < -0.39 is 0 Å². The number of nitrogens with zero attached hydrogens (tertiary/aromatic N) is 1. The smallest absolute Gasteiger partial charge is 0.255 e. The largest absolute Gasteiger partial charge is 0.490 e. The molecule has 0 bridgehead atoms. The van der Waals surface area contributed by atoms with Crippen LogP contribution in [0, 0.1) is 0 Å². The van der Waals surface area contributed by atoms with Crippen molar-refractivity contribution < 1.29 is 19.1 Å². The SMILES string of the molecule is O=C(Nc1ccc2c(c1)OCCCO2)c1ccc(N2CCCCC2=O)cc1. The molecule has 0 aromatic heterocycles. The van der Waals surface area contributed by atoms with Crippen LogP contribution < -0.4 is 19.7 Å². The van der Waals surface area contributed by atoms with Crippen molar-refractivity contribution in [1.29, 1.82) is 0 Å². The fraction of sp³-hybridized carbons (Fsp3) is 0.333. The van der Waals surface area contributed by atoms with Gasteiger partial charge < -0.3 is 19.7 Å². The van der Waals surface area contributed by atoms with Crippen molar-refractivity contribution in [2.75, 3.05) is 30.0 Å². The van der Waals surface area contributed by atoms with Gasteiger partial charge in [0.05, 0.1) is 13.2 Å². The number of benzene rings is 2. The Labute approximate surface area is 158 Å².